The number of aliphatic hydroxyl groups excluding tert-OH is 4. The van der Waals surface area contributed by atoms with Crippen molar-refractivity contribution in [2.45, 2.75) is 44.4 Å². The van der Waals surface area contributed by atoms with E-state index in [0.717, 1.165) is 16.6 Å². The second-order valence-electron chi connectivity index (χ2n) is 9.38. The van der Waals surface area contributed by atoms with Crippen LogP contribution in [-0.2, 0) is 20.8 Å². The smallest absolute Gasteiger partial charge is 0.320 e. The number of carbonyl (C=O) groups is 3. The molecule has 0 heterocycles. The Balaban J connectivity index is -0.000000221. The molecular formula is C25H51N7O9. The van der Waals surface area contributed by atoms with Crippen LogP contribution in [0, 0.1) is 0 Å². The van der Waals surface area contributed by atoms with Crippen LogP contribution >= 0.6 is 0 Å². The first-order chi connectivity index (χ1) is 18.8. The molecule has 0 aliphatic heterocycles. The number of benzene rings is 1. The zero-order valence-corrected chi connectivity index (χ0v) is 24.4. The standard InChI is InChI=1S/C9H11NO2.C6H14N4O2.C5H14NO.C3H8O3.C2H5NO/c10-8(9(11)12)6-7-4-2-1-3-5-7;7-4(5(11)12)2-1-3-10-6(8)9;1-6(2,3)4-5-7;4-1-3(6)2-5;1-2(3)4/h1-5,8H,6,10H2,(H,11,12);4H,1-3,7H2,(H,11,12)(H4,8,9,10);7H,4-5H2,1-3H3;3-6H,1-2H2;1H3,(H2,3,4)/q;;+1;;/p-1/t8-;4-;;;/m00.../s1. The highest BCUT2D eigenvalue weighted by molar-refractivity contribution is 5.75. The number of hydrogen-bond donors (Lipinski definition) is 10. The molecule has 41 heavy (non-hydrogen) atoms. The Hall–Kier alpha value is -3.38. The fraction of sp³-hybridized carbons (Fsp3) is 0.600. The molecule has 2 atom stereocenters. The summed E-state index contributed by atoms with van der Waals surface area (Å²) in [5, 5.41) is 51.1. The number of aliphatic imine (C=N–C) groups is 1. The predicted molar refractivity (Wildman–Crippen MR) is 154 cm³/mol. The molecule has 16 heteroatoms. The van der Waals surface area contributed by atoms with E-state index in [1.807, 2.05) is 30.3 Å². The van der Waals surface area contributed by atoms with Gasteiger partial charge in [-0.3, -0.25) is 14.6 Å². The van der Waals surface area contributed by atoms with Gasteiger partial charge in [-0.15, -0.1) is 0 Å². The lowest BCUT2D eigenvalue weighted by atomic mass is 10.1. The van der Waals surface area contributed by atoms with E-state index in [0.29, 0.717) is 25.8 Å². The number of rotatable bonds is 12. The summed E-state index contributed by atoms with van der Waals surface area (Å²) < 4.78 is 0.844. The molecule has 0 aromatic heterocycles. The molecule has 0 spiro atoms. The number of carboxylic acid groups (broad SMARTS) is 2. The molecule has 0 unspecified atom stereocenters. The molecule has 0 fully saturated rings. The van der Waals surface area contributed by atoms with Gasteiger partial charge >= 0.3 is 5.97 Å². The lowest BCUT2D eigenvalue weighted by molar-refractivity contribution is -0.870. The van der Waals surface area contributed by atoms with Crippen molar-refractivity contribution in [3.63, 3.8) is 0 Å². The quantitative estimate of drug-likeness (QED) is 0.0471. The van der Waals surface area contributed by atoms with Gasteiger partial charge in [0.25, 0.3) is 0 Å². The van der Waals surface area contributed by atoms with E-state index >= 15 is 0 Å². The Morgan fingerprint density at radius 3 is 1.68 bits per heavy atom. The number of nitrogens with two attached hydrogens (primary N) is 5. The maximum absolute atomic E-state index is 10.3. The van der Waals surface area contributed by atoms with E-state index in [9.17, 15) is 19.5 Å². The van der Waals surface area contributed by atoms with Crippen LogP contribution in [0.2, 0.25) is 0 Å². The highest BCUT2D eigenvalue weighted by Crippen LogP contribution is 2.00. The highest BCUT2D eigenvalue weighted by Gasteiger charge is 2.09. The molecule has 16 nitrogen and oxygen atoms in total. The van der Waals surface area contributed by atoms with Crippen LogP contribution in [0.1, 0.15) is 25.3 Å². The Kier molecular flexibility index (Phi) is 30.7. The van der Waals surface area contributed by atoms with Crippen LogP contribution in [0.5, 0.6) is 0 Å². The lowest BCUT2D eigenvalue weighted by Crippen LogP contribution is -2.43. The van der Waals surface area contributed by atoms with Gasteiger partial charge in [-0.25, -0.2) is 0 Å². The van der Waals surface area contributed by atoms with Crippen molar-refractivity contribution >= 4 is 23.8 Å². The number of aliphatic hydroxyl groups is 4. The third kappa shape index (κ3) is 43.9. The topological polar surface area (TPSA) is 318 Å². The van der Waals surface area contributed by atoms with E-state index in [1.54, 1.807) is 0 Å². The average Bonchev–Trinajstić information content (AvgIpc) is 2.86. The number of hydrogen-bond acceptors (Lipinski definition) is 11. The van der Waals surface area contributed by atoms with E-state index in [1.165, 1.54) is 6.92 Å². The first kappa shape index (κ1) is 44.6. The van der Waals surface area contributed by atoms with E-state index < -0.39 is 30.1 Å². The SMILES string of the molecule is CC(N)=O.C[N+](C)(C)CCO.NC(N)=NCCC[C@H](N)C(=O)O.N[C@@H](Cc1ccccc1)C(=O)[O-].OCC(O)CO. The van der Waals surface area contributed by atoms with E-state index in [4.69, 9.17) is 48.5 Å². The fourth-order valence-corrected chi connectivity index (χ4v) is 1.95. The lowest BCUT2D eigenvalue weighted by Gasteiger charge is -2.21. The molecule has 0 aliphatic carbocycles. The Labute approximate surface area is 241 Å². The number of carbonyl (C=O) groups excluding carboxylic acids is 2. The van der Waals surface area contributed by atoms with Crippen molar-refractivity contribution in [2.75, 3.05) is 54.1 Å². The number of carboxylic acids is 2. The summed E-state index contributed by atoms with van der Waals surface area (Å²) >= 11 is 0. The molecular weight excluding hydrogens is 542 g/mol. The molecule has 0 saturated carbocycles. The minimum Gasteiger partial charge on any atom is -0.548 e. The summed E-state index contributed by atoms with van der Waals surface area (Å²) in [7, 11) is 6.16. The minimum absolute atomic E-state index is 0.0129. The second kappa shape index (κ2) is 28.2. The van der Waals surface area contributed by atoms with Crippen LogP contribution in [0.4, 0.5) is 0 Å². The molecule has 1 aromatic carbocycles. The van der Waals surface area contributed by atoms with Crippen molar-refractivity contribution in [1.82, 2.24) is 0 Å². The molecule has 0 radical (unpaired) electrons. The minimum atomic E-state index is -1.21. The van der Waals surface area contributed by atoms with Crippen LogP contribution < -0.4 is 33.8 Å². The molecule has 0 saturated heterocycles. The Morgan fingerprint density at radius 1 is 0.951 bits per heavy atom. The van der Waals surface area contributed by atoms with Gasteiger partial charge in [0.2, 0.25) is 5.91 Å². The first-order valence-corrected chi connectivity index (χ1v) is 12.5. The fourth-order valence-electron chi connectivity index (χ4n) is 1.95. The van der Waals surface area contributed by atoms with E-state index in [2.05, 4.69) is 31.9 Å². The molecule has 15 N–H and O–H groups in total. The number of guanidine groups is 1. The number of quaternary nitrogens is 1. The van der Waals surface area contributed by atoms with Crippen LogP contribution in [0.25, 0.3) is 0 Å². The summed E-state index contributed by atoms with van der Waals surface area (Å²) in [6.07, 6.45) is 0.325. The monoisotopic (exact) mass is 593 g/mol. The van der Waals surface area contributed by atoms with Gasteiger partial charge in [0, 0.05) is 19.5 Å². The van der Waals surface area contributed by atoms with E-state index in [-0.39, 0.29) is 31.7 Å². The summed E-state index contributed by atoms with van der Waals surface area (Å²) in [5.74, 6) is -2.53. The number of primary amides is 1. The summed E-state index contributed by atoms with van der Waals surface area (Å²) in [6, 6.07) is 7.50. The number of aliphatic carboxylic acids is 2. The molecule has 240 valence electrons. The van der Waals surface area contributed by atoms with Gasteiger partial charge in [-0.2, -0.15) is 0 Å². The van der Waals surface area contributed by atoms with Crippen LogP contribution in [-0.4, -0.2) is 126 Å². The molecule has 1 aromatic rings. The highest BCUT2D eigenvalue weighted by atomic mass is 16.4. The van der Waals surface area contributed by atoms with Crippen LogP contribution in [0.3, 0.4) is 0 Å². The zero-order chi connectivity index (χ0) is 33.0. The number of amides is 1. The third-order valence-corrected chi connectivity index (χ3v) is 4.08. The maximum atomic E-state index is 10.3. The van der Waals surface area contributed by atoms with Crippen molar-refractivity contribution in [3.8, 4) is 0 Å². The van der Waals surface area contributed by atoms with Crippen molar-refractivity contribution in [2.24, 2.45) is 33.7 Å². The van der Waals surface area contributed by atoms with Gasteiger partial charge in [0.05, 0.1) is 46.9 Å². The average molecular weight is 594 g/mol. The first-order valence-electron chi connectivity index (χ1n) is 12.5. The molecule has 1 rings (SSSR count). The van der Waals surface area contributed by atoms with Gasteiger partial charge < -0.3 is 68.6 Å². The molecule has 0 aliphatic rings. The molecule has 0 bridgehead atoms. The number of nitrogens with zero attached hydrogens (tertiary/aromatic N) is 2. The van der Waals surface area contributed by atoms with Crippen molar-refractivity contribution < 1.29 is 49.5 Å². The van der Waals surface area contributed by atoms with Gasteiger partial charge in [-0.1, -0.05) is 30.3 Å². The number of likely N-dealkylation sites (N-methyl/N-ethyl adjacent to an activating group) is 1. The van der Waals surface area contributed by atoms with Crippen molar-refractivity contribution in [1.29, 1.82) is 0 Å². The summed E-state index contributed by atoms with van der Waals surface area (Å²) in [6.45, 7) is 2.11. The summed E-state index contributed by atoms with van der Waals surface area (Å²) in [5.41, 5.74) is 26.0. The van der Waals surface area contributed by atoms with Crippen LogP contribution in [0.15, 0.2) is 35.3 Å². The molecule has 1 amide bonds. The zero-order valence-electron chi connectivity index (χ0n) is 24.4. The normalized spacial score (nSPS) is 11.3. The van der Waals surface area contributed by atoms with Gasteiger partial charge in [0.15, 0.2) is 5.96 Å². The second-order valence-corrected chi connectivity index (χ2v) is 9.38. The predicted octanol–water partition coefficient (Wildman–Crippen LogP) is -4.73. The Morgan fingerprint density at radius 2 is 1.41 bits per heavy atom. The largest absolute Gasteiger partial charge is 0.548 e. The van der Waals surface area contributed by atoms with Crippen molar-refractivity contribution in [3.05, 3.63) is 35.9 Å². The Bertz CT molecular complexity index is 811. The summed E-state index contributed by atoms with van der Waals surface area (Å²) in [4.78, 5) is 33.4. The van der Waals surface area contributed by atoms with Gasteiger partial charge in [0.1, 0.15) is 18.7 Å². The maximum Gasteiger partial charge on any atom is 0.320 e. The van der Waals surface area contributed by atoms with Gasteiger partial charge in [-0.05, 0) is 24.8 Å². The third-order valence-electron chi connectivity index (χ3n) is 4.08.